The molecule has 0 spiro atoms. The van der Waals surface area contributed by atoms with Gasteiger partial charge in [-0.25, -0.2) is 0 Å². The van der Waals surface area contributed by atoms with E-state index < -0.39 is 0 Å². The molecule has 4 N–H and O–H groups in total. The lowest BCUT2D eigenvalue weighted by Gasteiger charge is -2.21. The molecule has 0 unspecified atom stereocenters. The predicted molar refractivity (Wildman–Crippen MR) is 91.1 cm³/mol. The third-order valence-electron chi connectivity index (χ3n) is 3.77. The van der Waals surface area contributed by atoms with Crippen molar-refractivity contribution in [1.29, 1.82) is 0 Å². The van der Waals surface area contributed by atoms with Crippen LogP contribution in [0.15, 0.2) is 54.0 Å². The summed E-state index contributed by atoms with van der Waals surface area (Å²) in [5, 5.41) is 6.59. The topological polar surface area (TPSA) is 68.5 Å². The average Bonchev–Trinajstić information content (AvgIpc) is 2.57. The third-order valence-corrected chi connectivity index (χ3v) is 3.77. The number of benzene rings is 2. The van der Waals surface area contributed by atoms with Crippen LogP contribution in [0.4, 0.5) is 5.69 Å². The summed E-state index contributed by atoms with van der Waals surface area (Å²) in [6.07, 6.45) is 0. The van der Waals surface area contributed by atoms with Crippen LogP contribution in [-0.2, 0) is 13.1 Å². The molecule has 0 atom stereocenters. The van der Waals surface area contributed by atoms with Gasteiger partial charge in [-0.15, -0.1) is 0 Å². The molecule has 0 radical (unpaired) electrons. The van der Waals surface area contributed by atoms with Gasteiger partial charge in [0.05, 0.1) is 12.8 Å². The second-order valence-electron chi connectivity index (χ2n) is 5.48. The molecule has 1 heterocycles. The van der Waals surface area contributed by atoms with Crippen molar-refractivity contribution in [3.05, 3.63) is 65.2 Å². The standard InChI is InChI=1S/C18H21N3O2/c1-12-18(19)21-16-9-14(5-8-17(16)23-12)11-20-10-13-3-6-15(22-2)7-4-13/h3-9,20-21H,10-11,19H2,1-2H3. The van der Waals surface area contributed by atoms with Gasteiger partial charge in [0.2, 0.25) is 0 Å². The van der Waals surface area contributed by atoms with Crippen LogP contribution in [0.5, 0.6) is 11.5 Å². The number of hydrogen-bond acceptors (Lipinski definition) is 5. The van der Waals surface area contributed by atoms with E-state index >= 15 is 0 Å². The van der Waals surface area contributed by atoms with Crippen molar-refractivity contribution < 1.29 is 9.47 Å². The predicted octanol–water partition coefficient (Wildman–Crippen LogP) is 2.94. The number of hydrogen-bond donors (Lipinski definition) is 3. The minimum Gasteiger partial charge on any atom is -0.497 e. The van der Waals surface area contributed by atoms with Crippen LogP contribution in [0.1, 0.15) is 18.1 Å². The summed E-state index contributed by atoms with van der Waals surface area (Å²) in [5.74, 6) is 2.93. The SMILES string of the molecule is COc1ccc(CNCc2ccc3c(c2)NC(N)=C(C)O3)cc1. The van der Waals surface area contributed by atoms with Gasteiger partial charge in [-0.2, -0.15) is 0 Å². The Hall–Kier alpha value is -2.66. The number of fused-ring (bicyclic) bond motifs is 1. The Labute approximate surface area is 136 Å². The van der Waals surface area contributed by atoms with Gasteiger partial charge in [-0.05, 0) is 42.3 Å². The average molecular weight is 311 g/mol. The van der Waals surface area contributed by atoms with Gasteiger partial charge >= 0.3 is 0 Å². The Morgan fingerprint density at radius 1 is 1.09 bits per heavy atom. The Bertz CT molecular complexity index is 724. The van der Waals surface area contributed by atoms with Crippen LogP contribution in [-0.4, -0.2) is 7.11 Å². The van der Waals surface area contributed by atoms with E-state index in [-0.39, 0.29) is 0 Å². The molecule has 5 nitrogen and oxygen atoms in total. The van der Waals surface area contributed by atoms with Gasteiger partial charge in [0.1, 0.15) is 17.3 Å². The molecule has 0 saturated heterocycles. The number of allylic oxidation sites excluding steroid dienone is 1. The highest BCUT2D eigenvalue weighted by Gasteiger charge is 2.14. The molecule has 2 aromatic carbocycles. The molecule has 0 saturated carbocycles. The van der Waals surface area contributed by atoms with Gasteiger partial charge in [0, 0.05) is 13.1 Å². The Morgan fingerprint density at radius 2 is 1.78 bits per heavy atom. The molecular formula is C18H21N3O2. The monoisotopic (exact) mass is 311 g/mol. The van der Waals surface area contributed by atoms with E-state index in [0.717, 1.165) is 30.3 Å². The fraction of sp³-hybridized carbons (Fsp3) is 0.222. The van der Waals surface area contributed by atoms with Crippen LogP contribution < -0.4 is 25.8 Å². The lowest BCUT2D eigenvalue weighted by Crippen LogP contribution is -2.19. The second kappa shape index (κ2) is 6.62. The first kappa shape index (κ1) is 15.2. The highest BCUT2D eigenvalue weighted by Crippen LogP contribution is 2.31. The lowest BCUT2D eigenvalue weighted by atomic mass is 10.1. The molecule has 0 aliphatic carbocycles. The van der Waals surface area contributed by atoms with Crippen LogP contribution in [0.3, 0.4) is 0 Å². The summed E-state index contributed by atoms with van der Waals surface area (Å²) >= 11 is 0. The normalized spacial score (nSPS) is 13.1. The van der Waals surface area contributed by atoms with E-state index in [9.17, 15) is 0 Å². The first-order chi connectivity index (χ1) is 11.2. The maximum absolute atomic E-state index is 5.86. The van der Waals surface area contributed by atoms with Gasteiger partial charge in [0.25, 0.3) is 0 Å². The van der Waals surface area contributed by atoms with Crippen molar-refractivity contribution in [1.82, 2.24) is 5.32 Å². The number of ether oxygens (including phenoxy) is 2. The zero-order valence-corrected chi connectivity index (χ0v) is 13.3. The van der Waals surface area contributed by atoms with Crippen molar-refractivity contribution >= 4 is 5.69 Å². The van der Waals surface area contributed by atoms with Crippen molar-refractivity contribution in [3.8, 4) is 11.5 Å². The number of anilines is 1. The molecule has 0 bridgehead atoms. The minimum absolute atomic E-state index is 0.556. The van der Waals surface area contributed by atoms with E-state index in [4.69, 9.17) is 15.2 Å². The summed E-state index contributed by atoms with van der Waals surface area (Å²) in [7, 11) is 1.67. The first-order valence-electron chi connectivity index (χ1n) is 7.53. The first-order valence-corrected chi connectivity index (χ1v) is 7.53. The summed E-state index contributed by atoms with van der Waals surface area (Å²) in [6.45, 7) is 3.41. The molecule has 120 valence electrons. The smallest absolute Gasteiger partial charge is 0.150 e. The van der Waals surface area contributed by atoms with Crippen LogP contribution in [0, 0.1) is 0 Å². The molecule has 0 aromatic heterocycles. The maximum atomic E-state index is 5.86. The summed E-state index contributed by atoms with van der Waals surface area (Å²) in [4.78, 5) is 0. The second-order valence-corrected chi connectivity index (χ2v) is 5.48. The molecule has 5 heteroatoms. The van der Waals surface area contributed by atoms with E-state index in [2.05, 4.69) is 34.9 Å². The zero-order valence-electron chi connectivity index (χ0n) is 13.3. The van der Waals surface area contributed by atoms with Crippen LogP contribution in [0.25, 0.3) is 0 Å². The fourth-order valence-electron chi connectivity index (χ4n) is 2.42. The number of rotatable bonds is 5. The van der Waals surface area contributed by atoms with Gasteiger partial charge in [-0.3, -0.25) is 0 Å². The van der Waals surface area contributed by atoms with Gasteiger partial charge in [0.15, 0.2) is 5.75 Å². The highest BCUT2D eigenvalue weighted by atomic mass is 16.5. The van der Waals surface area contributed by atoms with Crippen molar-refractivity contribution in [2.24, 2.45) is 5.73 Å². The third kappa shape index (κ3) is 3.57. The Balaban J connectivity index is 1.58. The fourth-order valence-corrected chi connectivity index (χ4v) is 2.42. The van der Waals surface area contributed by atoms with Gasteiger partial charge < -0.3 is 25.8 Å². The highest BCUT2D eigenvalue weighted by molar-refractivity contribution is 5.63. The minimum atomic E-state index is 0.556. The summed E-state index contributed by atoms with van der Waals surface area (Å²) < 4.78 is 10.8. The quantitative estimate of drug-likeness (QED) is 0.792. The van der Waals surface area contributed by atoms with Gasteiger partial charge in [-0.1, -0.05) is 18.2 Å². The number of nitrogens with one attached hydrogen (secondary N) is 2. The van der Waals surface area contributed by atoms with Crippen molar-refractivity contribution in [3.63, 3.8) is 0 Å². The Kier molecular flexibility index (Phi) is 4.39. The van der Waals surface area contributed by atoms with E-state index in [1.807, 2.05) is 25.1 Å². The molecule has 1 aliphatic heterocycles. The lowest BCUT2D eigenvalue weighted by molar-refractivity contribution is 0.414. The molecule has 2 aromatic rings. The number of methoxy groups -OCH3 is 1. The van der Waals surface area contributed by atoms with Crippen molar-refractivity contribution in [2.45, 2.75) is 20.0 Å². The summed E-state index contributed by atoms with van der Waals surface area (Å²) in [5.41, 5.74) is 9.14. The molecule has 1 aliphatic rings. The Morgan fingerprint density at radius 3 is 2.52 bits per heavy atom. The van der Waals surface area contributed by atoms with Crippen LogP contribution >= 0.6 is 0 Å². The van der Waals surface area contributed by atoms with Crippen LogP contribution in [0.2, 0.25) is 0 Å². The number of nitrogens with two attached hydrogens (primary N) is 1. The molecular weight excluding hydrogens is 290 g/mol. The molecule has 23 heavy (non-hydrogen) atoms. The maximum Gasteiger partial charge on any atom is 0.150 e. The molecule has 0 amide bonds. The molecule has 0 fully saturated rings. The summed E-state index contributed by atoms with van der Waals surface area (Å²) in [6, 6.07) is 14.1. The zero-order chi connectivity index (χ0) is 16.2. The molecule has 3 rings (SSSR count). The van der Waals surface area contributed by atoms with Crippen molar-refractivity contribution in [2.75, 3.05) is 12.4 Å². The van der Waals surface area contributed by atoms with E-state index in [0.29, 0.717) is 11.6 Å². The van der Waals surface area contributed by atoms with E-state index in [1.54, 1.807) is 7.11 Å². The van der Waals surface area contributed by atoms with E-state index in [1.165, 1.54) is 11.1 Å². The largest absolute Gasteiger partial charge is 0.497 e.